The van der Waals surface area contributed by atoms with Gasteiger partial charge in [-0.3, -0.25) is 4.79 Å². The number of carbonyl (C=O) groups is 2. The number of nitrogens with one attached hydrogen (secondary N) is 1. The fourth-order valence-electron chi connectivity index (χ4n) is 2.50. The van der Waals surface area contributed by atoms with Crippen molar-refractivity contribution >= 4 is 11.9 Å². The number of methoxy groups -OCH3 is 1. The molecule has 0 aromatic heterocycles. The molecule has 2 N–H and O–H groups in total. The van der Waals surface area contributed by atoms with Gasteiger partial charge in [0.15, 0.2) is 0 Å². The zero-order valence-corrected chi connectivity index (χ0v) is 13.1. The summed E-state index contributed by atoms with van der Waals surface area (Å²) in [7, 11) is 1.58. The third-order valence-electron chi connectivity index (χ3n) is 3.82. The normalized spacial score (nSPS) is 17.3. The lowest BCUT2D eigenvalue weighted by atomic mass is 9.95. The average molecular weight is 319 g/mol. The van der Waals surface area contributed by atoms with E-state index in [-0.39, 0.29) is 12.5 Å². The highest BCUT2D eigenvalue weighted by atomic mass is 16.5. The number of aliphatic carboxylic acids is 1. The van der Waals surface area contributed by atoms with Crippen LogP contribution in [0.4, 0.5) is 0 Å². The van der Waals surface area contributed by atoms with E-state index in [9.17, 15) is 14.7 Å². The first kappa shape index (κ1) is 16.9. The summed E-state index contributed by atoms with van der Waals surface area (Å²) in [6.07, 6.45) is 2.97. The SMILES string of the molecule is C=CCCC(NC(=O)C1COc2ccc(OC)cc2C1)C(=O)O. The number of fused-ring (bicyclic) bond motifs is 1. The van der Waals surface area contributed by atoms with Gasteiger partial charge in [0, 0.05) is 0 Å². The molecule has 0 saturated carbocycles. The molecule has 0 spiro atoms. The standard InChI is InChI=1S/C17H21NO5/c1-3-4-5-14(17(20)21)18-16(19)12-8-11-9-13(22-2)6-7-15(11)23-10-12/h3,6-7,9,12,14H,1,4-5,8,10H2,2H3,(H,18,19)(H,20,21). The number of rotatable bonds is 7. The molecule has 1 aromatic rings. The summed E-state index contributed by atoms with van der Waals surface area (Å²) >= 11 is 0. The van der Waals surface area contributed by atoms with Crippen LogP contribution >= 0.6 is 0 Å². The van der Waals surface area contributed by atoms with Crippen LogP contribution in [0.3, 0.4) is 0 Å². The van der Waals surface area contributed by atoms with Gasteiger partial charge in [-0.25, -0.2) is 4.79 Å². The molecular weight excluding hydrogens is 298 g/mol. The Morgan fingerprint density at radius 3 is 3.00 bits per heavy atom. The Labute approximate surface area is 135 Å². The van der Waals surface area contributed by atoms with Gasteiger partial charge >= 0.3 is 5.97 Å². The molecule has 2 atom stereocenters. The molecule has 2 rings (SSSR count). The van der Waals surface area contributed by atoms with Gasteiger partial charge in [-0.2, -0.15) is 0 Å². The number of allylic oxidation sites excluding steroid dienone is 1. The van der Waals surface area contributed by atoms with Gasteiger partial charge in [-0.1, -0.05) is 6.08 Å². The molecule has 6 heteroatoms. The lowest BCUT2D eigenvalue weighted by molar-refractivity contribution is -0.142. The van der Waals surface area contributed by atoms with Crippen LogP contribution in [0.25, 0.3) is 0 Å². The largest absolute Gasteiger partial charge is 0.497 e. The number of carbonyl (C=O) groups excluding carboxylic acids is 1. The molecule has 124 valence electrons. The van der Waals surface area contributed by atoms with Crippen molar-refractivity contribution < 1.29 is 24.2 Å². The second kappa shape index (κ2) is 7.67. The topological polar surface area (TPSA) is 84.9 Å². The Bertz CT molecular complexity index is 599. The van der Waals surface area contributed by atoms with Crippen LogP contribution in [0.15, 0.2) is 30.9 Å². The van der Waals surface area contributed by atoms with E-state index in [2.05, 4.69) is 11.9 Å². The number of hydrogen-bond acceptors (Lipinski definition) is 4. The molecule has 0 fully saturated rings. The molecule has 1 amide bonds. The first-order valence-corrected chi connectivity index (χ1v) is 7.49. The van der Waals surface area contributed by atoms with Crippen LogP contribution in [0, 0.1) is 5.92 Å². The zero-order chi connectivity index (χ0) is 16.8. The number of benzene rings is 1. The quantitative estimate of drug-likeness (QED) is 0.748. The molecule has 0 radical (unpaired) electrons. The van der Waals surface area contributed by atoms with Gasteiger partial charge in [-0.05, 0) is 43.0 Å². The van der Waals surface area contributed by atoms with Gasteiger partial charge in [0.1, 0.15) is 24.1 Å². The minimum absolute atomic E-state index is 0.235. The Morgan fingerprint density at radius 2 is 2.35 bits per heavy atom. The lowest BCUT2D eigenvalue weighted by Crippen LogP contribution is -2.46. The van der Waals surface area contributed by atoms with E-state index >= 15 is 0 Å². The number of carboxylic acid groups (broad SMARTS) is 1. The van der Waals surface area contributed by atoms with E-state index in [1.807, 2.05) is 12.1 Å². The second-order valence-corrected chi connectivity index (χ2v) is 5.45. The maximum Gasteiger partial charge on any atom is 0.326 e. The van der Waals surface area contributed by atoms with Crippen molar-refractivity contribution in [3.63, 3.8) is 0 Å². The number of ether oxygens (including phenoxy) is 2. The van der Waals surface area contributed by atoms with E-state index in [0.29, 0.717) is 25.0 Å². The summed E-state index contributed by atoms with van der Waals surface area (Å²) in [5.41, 5.74) is 0.883. The number of hydrogen-bond donors (Lipinski definition) is 2. The van der Waals surface area contributed by atoms with Gasteiger partial charge in [0.05, 0.1) is 13.0 Å². The molecule has 0 bridgehead atoms. The molecular formula is C17H21NO5. The Morgan fingerprint density at radius 1 is 1.57 bits per heavy atom. The molecule has 23 heavy (non-hydrogen) atoms. The minimum Gasteiger partial charge on any atom is -0.497 e. The van der Waals surface area contributed by atoms with Crippen LogP contribution < -0.4 is 14.8 Å². The minimum atomic E-state index is -1.04. The summed E-state index contributed by atoms with van der Waals surface area (Å²) in [5, 5.41) is 11.8. The lowest BCUT2D eigenvalue weighted by Gasteiger charge is -2.26. The van der Waals surface area contributed by atoms with E-state index in [1.165, 1.54) is 0 Å². The Kier molecular flexibility index (Phi) is 5.62. The van der Waals surface area contributed by atoms with Crippen LogP contribution in [0.5, 0.6) is 11.5 Å². The number of amides is 1. The first-order valence-electron chi connectivity index (χ1n) is 7.49. The Balaban J connectivity index is 2.02. The predicted molar refractivity (Wildman–Crippen MR) is 84.7 cm³/mol. The van der Waals surface area contributed by atoms with Crippen LogP contribution in [-0.2, 0) is 16.0 Å². The van der Waals surface area contributed by atoms with Crippen molar-refractivity contribution in [2.75, 3.05) is 13.7 Å². The summed E-state index contributed by atoms with van der Waals surface area (Å²) < 4.78 is 10.8. The van der Waals surface area contributed by atoms with E-state index in [0.717, 1.165) is 11.3 Å². The highest BCUT2D eigenvalue weighted by molar-refractivity contribution is 5.85. The highest BCUT2D eigenvalue weighted by Gasteiger charge is 2.29. The molecule has 2 unspecified atom stereocenters. The maximum absolute atomic E-state index is 12.3. The third kappa shape index (κ3) is 4.25. The van der Waals surface area contributed by atoms with Crippen molar-refractivity contribution in [1.29, 1.82) is 0 Å². The van der Waals surface area contributed by atoms with E-state index in [4.69, 9.17) is 9.47 Å². The van der Waals surface area contributed by atoms with Crippen LogP contribution in [-0.4, -0.2) is 36.7 Å². The van der Waals surface area contributed by atoms with Crippen molar-refractivity contribution in [3.05, 3.63) is 36.4 Å². The van der Waals surface area contributed by atoms with Gasteiger partial charge in [0.25, 0.3) is 0 Å². The highest BCUT2D eigenvalue weighted by Crippen LogP contribution is 2.30. The fourth-order valence-corrected chi connectivity index (χ4v) is 2.50. The Hall–Kier alpha value is -2.50. The van der Waals surface area contributed by atoms with Gasteiger partial charge in [0.2, 0.25) is 5.91 Å². The summed E-state index contributed by atoms with van der Waals surface area (Å²) in [6.45, 7) is 3.80. The van der Waals surface area contributed by atoms with Crippen molar-refractivity contribution in [2.45, 2.75) is 25.3 Å². The molecule has 1 aromatic carbocycles. The molecule has 1 heterocycles. The summed E-state index contributed by atoms with van der Waals surface area (Å²) in [4.78, 5) is 23.5. The predicted octanol–water partition coefficient (Wildman–Crippen LogP) is 1.78. The van der Waals surface area contributed by atoms with E-state index < -0.39 is 17.9 Å². The van der Waals surface area contributed by atoms with Crippen LogP contribution in [0.1, 0.15) is 18.4 Å². The monoisotopic (exact) mass is 319 g/mol. The molecule has 1 aliphatic heterocycles. The van der Waals surface area contributed by atoms with E-state index in [1.54, 1.807) is 19.3 Å². The van der Waals surface area contributed by atoms with Gasteiger partial charge < -0.3 is 19.9 Å². The van der Waals surface area contributed by atoms with Crippen molar-refractivity contribution in [3.8, 4) is 11.5 Å². The zero-order valence-electron chi connectivity index (χ0n) is 13.1. The van der Waals surface area contributed by atoms with Crippen molar-refractivity contribution in [2.24, 2.45) is 5.92 Å². The van der Waals surface area contributed by atoms with Crippen LogP contribution in [0.2, 0.25) is 0 Å². The molecule has 6 nitrogen and oxygen atoms in total. The van der Waals surface area contributed by atoms with Gasteiger partial charge in [-0.15, -0.1) is 6.58 Å². The average Bonchev–Trinajstić information content (AvgIpc) is 2.56. The second-order valence-electron chi connectivity index (χ2n) is 5.45. The third-order valence-corrected chi connectivity index (χ3v) is 3.82. The van der Waals surface area contributed by atoms with Crippen molar-refractivity contribution in [1.82, 2.24) is 5.32 Å². The molecule has 0 aliphatic carbocycles. The summed E-state index contributed by atoms with van der Waals surface area (Å²) in [6, 6.07) is 4.54. The smallest absolute Gasteiger partial charge is 0.326 e. The molecule has 0 saturated heterocycles. The fraction of sp³-hybridized carbons (Fsp3) is 0.412. The molecule has 1 aliphatic rings. The summed E-state index contributed by atoms with van der Waals surface area (Å²) in [5.74, 6) is -0.340. The number of carboxylic acids is 1. The maximum atomic E-state index is 12.3. The first-order chi connectivity index (χ1) is 11.0.